The number of hydrazine groups is 1. The average molecular weight is 772 g/mol. The van der Waals surface area contributed by atoms with Crippen LogP contribution in [0.15, 0.2) is 90.1 Å². The normalized spacial score (nSPS) is 13.4. The highest BCUT2D eigenvalue weighted by atomic mass is 16.7. The number of nitro groups is 1. The van der Waals surface area contributed by atoms with Crippen molar-refractivity contribution in [3.05, 3.63) is 112 Å². The minimum atomic E-state index is -1.30. The van der Waals surface area contributed by atoms with Crippen molar-refractivity contribution in [2.75, 3.05) is 13.7 Å². The summed E-state index contributed by atoms with van der Waals surface area (Å²) in [6.45, 7) is 1.18. The third kappa shape index (κ3) is 12.9. The van der Waals surface area contributed by atoms with Crippen LogP contribution in [0.2, 0.25) is 0 Å². The lowest BCUT2D eigenvalue weighted by Gasteiger charge is -2.26. The Morgan fingerprint density at radius 1 is 0.804 bits per heavy atom. The number of fused-ring (bicyclic) bond motifs is 1. The molecule has 0 bridgehead atoms. The summed E-state index contributed by atoms with van der Waals surface area (Å²) in [4.78, 5) is 84.7. The molecule has 1 heterocycles. The third-order valence-electron chi connectivity index (χ3n) is 8.66. The first-order valence-corrected chi connectivity index (χ1v) is 17.7. The third-order valence-corrected chi connectivity index (χ3v) is 8.66. The number of nitrogens with zero attached hydrogens (tertiary/aromatic N) is 2. The summed E-state index contributed by atoms with van der Waals surface area (Å²) in [6, 6.07) is 17.5. The predicted octanol–water partition coefficient (Wildman–Crippen LogP) is 0.910. The number of aromatic hydroxyl groups is 1. The molecule has 0 unspecified atom stereocenters. The Morgan fingerprint density at radius 3 is 2.02 bits per heavy atom. The lowest BCUT2D eigenvalue weighted by Crippen LogP contribution is -2.58. The van der Waals surface area contributed by atoms with Gasteiger partial charge in [0.2, 0.25) is 23.6 Å². The second-order valence-electron chi connectivity index (χ2n) is 12.9. The van der Waals surface area contributed by atoms with Gasteiger partial charge in [0, 0.05) is 49.8 Å². The maximum atomic E-state index is 14.1. The van der Waals surface area contributed by atoms with Gasteiger partial charge in [-0.3, -0.25) is 19.2 Å². The second kappa shape index (κ2) is 20.5. The van der Waals surface area contributed by atoms with E-state index in [1.54, 1.807) is 54.1 Å². The zero-order valence-corrected chi connectivity index (χ0v) is 30.8. The number of benzene rings is 3. The molecule has 0 radical (unpaired) electrons. The van der Waals surface area contributed by atoms with Gasteiger partial charge in [0.1, 0.15) is 29.9 Å². The minimum absolute atomic E-state index is 0.00249. The summed E-state index contributed by atoms with van der Waals surface area (Å²) in [7, 11) is 1.18. The zero-order valence-electron chi connectivity index (χ0n) is 30.8. The van der Waals surface area contributed by atoms with E-state index < -0.39 is 64.8 Å². The molecule has 0 aliphatic rings. The van der Waals surface area contributed by atoms with Gasteiger partial charge in [0.05, 0.1) is 7.11 Å². The number of nitrogens with two attached hydrogens (primary N) is 1. The van der Waals surface area contributed by atoms with Crippen molar-refractivity contribution < 1.29 is 38.8 Å². The number of para-hydroxylation sites is 1. The molecule has 9 N–H and O–H groups in total. The number of carbonyl (C=O) groups is 5. The number of phenols is 1. The van der Waals surface area contributed by atoms with Crippen molar-refractivity contribution in [3.8, 4) is 5.75 Å². The number of aromatic nitrogens is 1. The lowest BCUT2D eigenvalue weighted by molar-refractivity contribution is -0.525. The predicted molar refractivity (Wildman–Crippen MR) is 205 cm³/mol. The summed E-state index contributed by atoms with van der Waals surface area (Å²) in [5.41, 5.74) is 10.1. The number of ether oxygens (including phenoxy) is 1. The quantitative estimate of drug-likeness (QED) is 0.0166. The first kappa shape index (κ1) is 41.8. The van der Waals surface area contributed by atoms with Crippen molar-refractivity contribution in [1.29, 1.82) is 0 Å². The van der Waals surface area contributed by atoms with E-state index in [1.165, 1.54) is 26.2 Å². The monoisotopic (exact) mass is 771 g/mol. The summed E-state index contributed by atoms with van der Waals surface area (Å²) < 4.78 is 5.00. The van der Waals surface area contributed by atoms with Crippen molar-refractivity contribution in [2.45, 2.75) is 63.2 Å². The van der Waals surface area contributed by atoms with Crippen molar-refractivity contribution >= 4 is 46.5 Å². The second-order valence-corrected chi connectivity index (χ2v) is 12.9. The number of carbonyl (C=O) groups excluding carboxylic acids is 5. The van der Waals surface area contributed by atoms with Crippen LogP contribution in [0.5, 0.6) is 5.75 Å². The molecule has 296 valence electrons. The number of esters is 1. The van der Waals surface area contributed by atoms with E-state index >= 15 is 0 Å². The van der Waals surface area contributed by atoms with Crippen LogP contribution in [-0.2, 0) is 48.0 Å². The van der Waals surface area contributed by atoms with Crippen LogP contribution in [0.25, 0.3) is 10.9 Å². The van der Waals surface area contributed by atoms with Crippen LogP contribution in [0, 0.1) is 10.1 Å². The highest BCUT2D eigenvalue weighted by Crippen LogP contribution is 2.20. The van der Waals surface area contributed by atoms with E-state index in [-0.39, 0.29) is 44.4 Å². The van der Waals surface area contributed by atoms with E-state index in [4.69, 9.17) is 10.5 Å². The van der Waals surface area contributed by atoms with Gasteiger partial charge >= 0.3 is 5.97 Å². The highest BCUT2D eigenvalue weighted by Gasteiger charge is 2.32. The van der Waals surface area contributed by atoms with E-state index in [2.05, 4.69) is 31.2 Å². The Hall–Kier alpha value is -6.98. The molecule has 0 aliphatic carbocycles. The fourth-order valence-electron chi connectivity index (χ4n) is 5.95. The maximum Gasteiger partial charge on any atom is 0.328 e. The topological polar surface area (TPSA) is 272 Å². The van der Waals surface area contributed by atoms with E-state index in [0.717, 1.165) is 16.5 Å². The summed E-state index contributed by atoms with van der Waals surface area (Å²) in [6.07, 6.45) is 1.86. The fourth-order valence-corrected chi connectivity index (χ4v) is 5.95. The maximum absolute atomic E-state index is 14.1. The number of nitrogens with one attached hydrogen (secondary N) is 6. The van der Waals surface area contributed by atoms with Gasteiger partial charge in [-0.05, 0) is 47.7 Å². The highest BCUT2D eigenvalue weighted by molar-refractivity contribution is 5.95. The van der Waals surface area contributed by atoms with Crippen LogP contribution in [0.1, 0.15) is 36.5 Å². The fraction of sp³-hybridized carbons (Fsp3) is 0.316. The van der Waals surface area contributed by atoms with Crippen molar-refractivity contribution in [3.63, 3.8) is 0 Å². The Labute approximate surface area is 321 Å². The summed E-state index contributed by atoms with van der Waals surface area (Å²) in [5.74, 6) is -3.85. The molecule has 4 rings (SSSR count). The molecule has 0 saturated heterocycles. The van der Waals surface area contributed by atoms with Gasteiger partial charge in [-0.15, -0.1) is 0 Å². The number of phenolic OH excluding ortho intramolecular Hbond substituents is 1. The van der Waals surface area contributed by atoms with E-state index in [1.807, 2.05) is 24.3 Å². The molecule has 56 heavy (non-hydrogen) atoms. The van der Waals surface area contributed by atoms with Gasteiger partial charge in [-0.1, -0.05) is 66.1 Å². The number of rotatable bonds is 19. The number of aromatic amines is 1. The first-order chi connectivity index (χ1) is 26.8. The molecule has 0 aliphatic heterocycles. The number of amides is 4. The van der Waals surface area contributed by atoms with Crippen molar-refractivity contribution in [1.82, 2.24) is 31.7 Å². The van der Waals surface area contributed by atoms with Crippen LogP contribution in [-0.4, -0.2) is 88.5 Å². The molecule has 0 fully saturated rings. The molecular formula is C38H45N9O9. The smallest absolute Gasteiger partial charge is 0.328 e. The van der Waals surface area contributed by atoms with Gasteiger partial charge in [0.15, 0.2) is 5.03 Å². The van der Waals surface area contributed by atoms with Crippen LogP contribution in [0.3, 0.4) is 0 Å². The molecule has 4 amide bonds. The molecule has 4 aromatic rings. The van der Waals surface area contributed by atoms with E-state index in [9.17, 15) is 39.2 Å². The summed E-state index contributed by atoms with van der Waals surface area (Å²) in [5, 5.41) is 31.1. The zero-order chi connectivity index (χ0) is 40.6. The number of methoxy groups -OCH3 is 1. The molecule has 1 aromatic heterocycles. The molecular weight excluding hydrogens is 726 g/mol. The molecule has 0 saturated carbocycles. The van der Waals surface area contributed by atoms with Crippen LogP contribution in [0.4, 0.5) is 0 Å². The SMILES string of the molecule is COC(=O)[C@H](Cc1c[nH]c2ccccc12)NC(=O)[C@H](CCCN=C(N)N[N+](=O)[O-])NC(=O)[C@@H](Cc1ccccc1)NC(=O)[C@H](Cc1ccc(O)cc1)NC(C)=O. The van der Waals surface area contributed by atoms with Crippen molar-refractivity contribution in [2.24, 2.45) is 10.7 Å². The number of aliphatic imine (C=N–C) groups is 1. The van der Waals surface area contributed by atoms with Crippen LogP contribution < -0.4 is 32.4 Å². The number of hydrogen-bond donors (Lipinski definition) is 8. The Bertz CT molecular complexity index is 2020. The Balaban J connectivity index is 1.59. The molecule has 3 aromatic carbocycles. The Morgan fingerprint density at radius 2 is 1.38 bits per heavy atom. The number of H-pyrrole nitrogens is 1. The number of guanidine groups is 1. The Kier molecular flexibility index (Phi) is 15.3. The average Bonchev–Trinajstić information content (AvgIpc) is 3.58. The van der Waals surface area contributed by atoms with Gasteiger partial charge in [0.25, 0.3) is 5.96 Å². The van der Waals surface area contributed by atoms with Gasteiger partial charge in [-0.25, -0.2) is 19.9 Å². The molecule has 4 atom stereocenters. The van der Waals surface area contributed by atoms with Crippen LogP contribution >= 0.6 is 0 Å². The minimum Gasteiger partial charge on any atom is -0.508 e. The lowest BCUT2D eigenvalue weighted by atomic mass is 10.0. The standard InChI is InChI=1S/C38H45N9O9/c1-23(48)42-31(20-25-14-16-27(49)17-15-25)35(51)44-32(19-24-9-4-3-5-10-24)36(52)43-30(13-8-18-40-38(39)46-47(54)55)34(50)45-33(37(53)56-2)21-26-22-41-29-12-7-6-11-28(26)29/h3-7,9-12,14-17,22,30-33,41,49H,8,13,18-21H2,1-2H3,(H,42,48)(H,43,52)(H,44,51)(H,45,50)(H3,39,40,46)/t30-,31-,32+,33-/m0/s1. The molecule has 0 spiro atoms. The first-order valence-electron chi connectivity index (χ1n) is 17.7. The molecule has 18 heteroatoms. The van der Waals surface area contributed by atoms with Gasteiger partial charge < -0.3 is 41.8 Å². The van der Waals surface area contributed by atoms with Gasteiger partial charge in [-0.2, -0.15) is 0 Å². The van der Waals surface area contributed by atoms with E-state index in [0.29, 0.717) is 11.1 Å². The number of hydrogen-bond acceptors (Lipinski definition) is 10. The molecule has 18 nitrogen and oxygen atoms in total. The largest absolute Gasteiger partial charge is 0.508 e. The summed E-state index contributed by atoms with van der Waals surface area (Å²) >= 11 is 0.